The van der Waals surface area contributed by atoms with Gasteiger partial charge in [0.25, 0.3) is 5.91 Å². The summed E-state index contributed by atoms with van der Waals surface area (Å²) < 4.78 is 11.2. The number of rotatable bonds is 6. The summed E-state index contributed by atoms with van der Waals surface area (Å²) in [4.78, 5) is 27.4. The third-order valence-electron chi connectivity index (χ3n) is 5.08. The standard InChI is InChI=1S/C25H23NO4/c1-17(2)19-11-9-18(10-12-19)15-26(16-20-6-5-13-29-20)25(28)24-14-22(27)21-7-3-4-8-23(21)30-24/h3-14,17H,15-16H2,1-2H3. The molecule has 0 bridgehead atoms. The number of hydrogen-bond acceptors (Lipinski definition) is 4. The van der Waals surface area contributed by atoms with E-state index in [1.807, 2.05) is 18.2 Å². The molecule has 152 valence electrons. The van der Waals surface area contributed by atoms with Crippen molar-refractivity contribution in [3.8, 4) is 0 Å². The van der Waals surface area contributed by atoms with Crippen LogP contribution in [-0.2, 0) is 13.1 Å². The van der Waals surface area contributed by atoms with Gasteiger partial charge in [-0.3, -0.25) is 9.59 Å². The van der Waals surface area contributed by atoms with E-state index in [9.17, 15) is 9.59 Å². The van der Waals surface area contributed by atoms with E-state index in [1.165, 1.54) is 11.6 Å². The fourth-order valence-corrected chi connectivity index (χ4v) is 3.38. The highest BCUT2D eigenvalue weighted by molar-refractivity contribution is 5.93. The van der Waals surface area contributed by atoms with Crippen LogP contribution in [0.5, 0.6) is 0 Å². The van der Waals surface area contributed by atoms with Crippen LogP contribution >= 0.6 is 0 Å². The van der Waals surface area contributed by atoms with Gasteiger partial charge in [-0.25, -0.2) is 0 Å². The van der Waals surface area contributed by atoms with E-state index in [0.29, 0.717) is 29.2 Å². The Balaban J connectivity index is 1.66. The lowest BCUT2D eigenvalue weighted by Crippen LogP contribution is -2.30. The number of furan rings is 1. The molecule has 2 aromatic carbocycles. The Morgan fingerprint density at radius 3 is 2.43 bits per heavy atom. The van der Waals surface area contributed by atoms with Crippen molar-refractivity contribution in [3.05, 3.63) is 106 Å². The smallest absolute Gasteiger partial charge is 0.290 e. The van der Waals surface area contributed by atoms with Gasteiger partial charge in [0, 0.05) is 12.6 Å². The zero-order chi connectivity index (χ0) is 21.1. The van der Waals surface area contributed by atoms with Crippen LogP contribution in [0.4, 0.5) is 0 Å². The predicted molar refractivity (Wildman–Crippen MR) is 115 cm³/mol. The van der Waals surface area contributed by atoms with Gasteiger partial charge in [0.15, 0.2) is 11.2 Å². The molecular formula is C25H23NO4. The molecule has 0 fully saturated rings. The Kier molecular flexibility index (Phi) is 5.53. The molecule has 2 heterocycles. The Hall–Kier alpha value is -3.60. The number of carbonyl (C=O) groups excluding carboxylic acids is 1. The van der Waals surface area contributed by atoms with Crippen LogP contribution in [0.25, 0.3) is 11.0 Å². The maximum absolute atomic E-state index is 13.3. The first-order valence-corrected chi connectivity index (χ1v) is 9.94. The van der Waals surface area contributed by atoms with Gasteiger partial charge in [-0.1, -0.05) is 50.2 Å². The SMILES string of the molecule is CC(C)c1ccc(CN(Cc2ccco2)C(=O)c2cc(=O)c3ccccc3o2)cc1. The quantitative estimate of drug-likeness (QED) is 0.437. The van der Waals surface area contributed by atoms with E-state index >= 15 is 0 Å². The van der Waals surface area contributed by atoms with Crippen LogP contribution in [-0.4, -0.2) is 10.8 Å². The van der Waals surface area contributed by atoms with Gasteiger partial charge in [0.05, 0.1) is 18.2 Å². The lowest BCUT2D eigenvalue weighted by molar-refractivity contribution is 0.0686. The molecule has 4 aromatic rings. The molecule has 4 rings (SSSR count). The van der Waals surface area contributed by atoms with E-state index < -0.39 is 0 Å². The molecule has 0 saturated carbocycles. The summed E-state index contributed by atoms with van der Waals surface area (Å²) in [6.07, 6.45) is 1.57. The highest BCUT2D eigenvalue weighted by Gasteiger charge is 2.21. The van der Waals surface area contributed by atoms with Gasteiger partial charge in [0.1, 0.15) is 11.3 Å². The first-order valence-electron chi connectivity index (χ1n) is 9.94. The summed E-state index contributed by atoms with van der Waals surface area (Å²) in [5, 5.41) is 0.455. The van der Waals surface area contributed by atoms with Crippen LogP contribution in [0.15, 0.2) is 86.6 Å². The molecule has 0 N–H and O–H groups in total. The largest absolute Gasteiger partial charge is 0.467 e. The highest BCUT2D eigenvalue weighted by Crippen LogP contribution is 2.19. The molecule has 5 nitrogen and oxygen atoms in total. The lowest BCUT2D eigenvalue weighted by atomic mass is 10.0. The monoisotopic (exact) mass is 401 g/mol. The Labute approximate surface area is 174 Å². The van der Waals surface area contributed by atoms with Crippen molar-refractivity contribution >= 4 is 16.9 Å². The molecule has 2 aromatic heterocycles. The molecular weight excluding hydrogens is 378 g/mol. The van der Waals surface area contributed by atoms with Crippen molar-refractivity contribution in [2.45, 2.75) is 32.9 Å². The summed E-state index contributed by atoms with van der Waals surface area (Å²) in [5.74, 6) is 0.753. The number of carbonyl (C=O) groups is 1. The fraction of sp³-hybridized carbons (Fsp3) is 0.200. The fourth-order valence-electron chi connectivity index (χ4n) is 3.38. The number of nitrogens with zero attached hydrogens (tertiary/aromatic N) is 1. The normalized spacial score (nSPS) is 11.2. The molecule has 0 saturated heterocycles. The Bertz CT molecular complexity index is 1200. The van der Waals surface area contributed by atoms with Gasteiger partial charge in [-0.15, -0.1) is 0 Å². The first kappa shape index (κ1) is 19.7. The number of para-hydroxylation sites is 1. The molecule has 0 aliphatic carbocycles. The summed E-state index contributed by atoms with van der Waals surface area (Å²) in [6.45, 7) is 4.93. The molecule has 0 aliphatic rings. The van der Waals surface area contributed by atoms with Crippen LogP contribution in [0.3, 0.4) is 0 Å². The van der Waals surface area contributed by atoms with Crippen molar-refractivity contribution in [2.75, 3.05) is 0 Å². The third kappa shape index (κ3) is 4.20. The number of fused-ring (bicyclic) bond motifs is 1. The molecule has 0 spiro atoms. The van der Waals surface area contributed by atoms with Crippen LogP contribution in [0, 0.1) is 0 Å². The van der Waals surface area contributed by atoms with Crippen LogP contribution in [0.2, 0.25) is 0 Å². The van der Waals surface area contributed by atoms with Crippen molar-refractivity contribution in [1.82, 2.24) is 4.90 Å². The van der Waals surface area contributed by atoms with Gasteiger partial charge >= 0.3 is 0 Å². The van der Waals surface area contributed by atoms with Crippen molar-refractivity contribution < 1.29 is 13.6 Å². The molecule has 30 heavy (non-hydrogen) atoms. The molecule has 0 atom stereocenters. The Morgan fingerprint density at radius 1 is 0.967 bits per heavy atom. The van der Waals surface area contributed by atoms with E-state index in [-0.39, 0.29) is 23.6 Å². The summed E-state index contributed by atoms with van der Waals surface area (Å²) in [7, 11) is 0. The predicted octanol–water partition coefficient (Wildman–Crippen LogP) is 5.35. The van der Waals surface area contributed by atoms with Crippen LogP contribution in [0.1, 0.15) is 47.2 Å². The van der Waals surface area contributed by atoms with E-state index in [1.54, 1.807) is 41.5 Å². The van der Waals surface area contributed by atoms with Crippen molar-refractivity contribution in [2.24, 2.45) is 0 Å². The minimum Gasteiger partial charge on any atom is -0.467 e. The minimum atomic E-state index is -0.359. The van der Waals surface area contributed by atoms with E-state index in [2.05, 4.69) is 26.0 Å². The van der Waals surface area contributed by atoms with Gasteiger partial charge < -0.3 is 13.7 Å². The second-order valence-electron chi connectivity index (χ2n) is 7.61. The highest BCUT2D eigenvalue weighted by atomic mass is 16.3. The lowest BCUT2D eigenvalue weighted by Gasteiger charge is -2.21. The summed E-state index contributed by atoms with van der Waals surface area (Å²) in [6, 6.07) is 20.0. The first-order chi connectivity index (χ1) is 14.5. The number of benzene rings is 2. The Morgan fingerprint density at radius 2 is 1.73 bits per heavy atom. The zero-order valence-electron chi connectivity index (χ0n) is 17.0. The molecule has 1 amide bonds. The summed E-state index contributed by atoms with van der Waals surface area (Å²) in [5.41, 5.74) is 2.39. The maximum atomic E-state index is 13.3. The minimum absolute atomic E-state index is 0.0176. The average Bonchev–Trinajstić information content (AvgIpc) is 3.26. The van der Waals surface area contributed by atoms with E-state index in [4.69, 9.17) is 8.83 Å². The summed E-state index contributed by atoms with van der Waals surface area (Å²) >= 11 is 0. The second-order valence-corrected chi connectivity index (χ2v) is 7.61. The molecule has 5 heteroatoms. The van der Waals surface area contributed by atoms with Crippen molar-refractivity contribution in [3.63, 3.8) is 0 Å². The number of amides is 1. The zero-order valence-corrected chi connectivity index (χ0v) is 17.0. The van der Waals surface area contributed by atoms with Gasteiger partial charge in [-0.2, -0.15) is 0 Å². The molecule has 0 aliphatic heterocycles. The van der Waals surface area contributed by atoms with E-state index in [0.717, 1.165) is 5.56 Å². The average molecular weight is 401 g/mol. The topological polar surface area (TPSA) is 63.7 Å². The van der Waals surface area contributed by atoms with Crippen molar-refractivity contribution in [1.29, 1.82) is 0 Å². The van der Waals surface area contributed by atoms with Crippen LogP contribution < -0.4 is 5.43 Å². The number of hydrogen-bond donors (Lipinski definition) is 0. The molecule has 0 radical (unpaired) electrons. The molecule has 0 unspecified atom stereocenters. The van der Waals surface area contributed by atoms with Gasteiger partial charge in [-0.05, 0) is 41.3 Å². The second kappa shape index (κ2) is 8.41. The van der Waals surface area contributed by atoms with Gasteiger partial charge in [0.2, 0.25) is 0 Å². The third-order valence-corrected chi connectivity index (χ3v) is 5.08. The maximum Gasteiger partial charge on any atom is 0.290 e.